The van der Waals surface area contributed by atoms with Crippen LogP contribution in [-0.4, -0.2) is 87.0 Å². The molecule has 4 aromatic rings. The summed E-state index contributed by atoms with van der Waals surface area (Å²) in [6.45, 7) is 8.30. The summed E-state index contributed by atoms with van der Waals surface area (Å²) in [5.41, 5.74) is 6.02. The summed E-state index contributed by atoms with van der Waals surface area (Å²) in [6, 6.07) is 15.8. The van der Waals surface area contributed by atoms with Crippen LogP contribution in [0.4, 0.5) is 4.79 Å². The van der Waals surface area contributed by atoms with E-state index in [0.29, 0.717) is 13.1 Å². The molecule has 2 aromatic carbocycles. The molecule has 4 heterocycles. The molecule has 6 rings (SSSR count). The lowest BCUT2D eigenvalue weighted by atomic mass is 10.0. The molecule has 2 saturated heterocycles. The second-order valence-electron chi connectivity index (χ2n) is 13.1. The summed E-state index contributed by atoms with van der Waals surface area (Å²) in [5, 5.41) is 5.83. The topological polar surface area (TPSA) is 148 Å². The largest absolute Gasteiger partial charge is 0.453 e. The fraction of sp³-hybridized carbons (Fsp3) is 0.432. The minimum Gasteiger partial charge on any atom is -0.453 e. The van der Waals surface area contributed by atoms with Gasteiger partial charge in [0.05, 0.1) is 49.5 Å². The second kappa shape index (κ2) is 15.1. The number of hydrogen-bond acceptors (Lipinski definition) is 7. The van der Waals surface area contributed by atoms with E-state index in [9.17, 15) is 14.4 Å². The van der Waals surface area contributed by atoms with Crippen molar-refractivity contribution >= 4 is 17.9 Å². The van der Waals surface area contributed by atoms with E-state index in [2.05, 4.69) is 79.1 Å². The maximum atomic E-state index is 13.5. The molecule has 0 radical (unpaired) electrons. The molecule has 0 aliphatic carbocycles. The number of carbonyl (C=O) groups is 3. The molecule has 258 valence electrons. The fourth-order valence-electron chi connectivity index (χ4n) is 6.87. The number of alkyl carbamates (subject to hydrolysis) is 1. The lowest BCUT2D eigenvalue weighted by molar-refractivity contribution is -0.135. The smallest absolute Gasteiger partial charge is 0.407 e. The Morgan fingerprint density at radius 2 is 1.31 bits per heavy atom. The Morgan fingerprint density at radius 1 is 0.816 bits per heavy atom. The van der Waals surface area contributed by atoms with Gasteiger partial charge in [0.1, 0.15) is 17.7 Å². The van der Waals surface area contributed by atoms with Gasteiger partial charge in [-0.15, -0.1) is 0 Å². The molecule has 2 fully saturated rings. The summed E-state index contributed by atoms with van der Waals surface area (Å²) in [6.07, 6.45) is 6.60. The van der Waals surface area contributed by atoms with E-state index in [1.165, 1.54) is 7.11 Å². The Kier molecular flexibility index (Phi) is 10.4. The first-order chi connectivity index (χ1) is 23.8. The van der Waals surface area contributed by atoms with Crippen LogP contribution in [0.1, 0.15) is 70.2 Å². The van der Waals surface area contributed by atoms with Crippen LogP contribution in [0.5, 0.6) is 0 Å². The number of methoxy groups -OCH3 is 1. The molecule has 3 atom stereocenters. The van der Waals surface area contributed by atoms with E-state index in [1.807, 2.05) is 43.0 Å². The summed E-state index contributed by atoms with van der Waals surface area (Å²) < 4.78 is 4.75. The highest BCUT2D eigenvalue weighted by molar-refractivity contribution is 5.86. The quantitative estimate of drug-likeness (QED) is 0.166. The zero-order valence-electron chi connectivity index (χ0n) is 28.7. The monoisotopic (exact) mass is 666 g/mol. The summed E-state index contributed by atoms with van der Waals surface area (Å²) in [7, 11) is 1.30. The van der Waals surface area contributed by atoms with Crippen LogP contribution in [-0.2, 0) is 14.3 Å². The molecule has 12 heteroatoms. The fourth-order valence-corrected chi connectivity index (χ4v) is 6.87. The number of H-pyrrole nitrogens is 2. The van der Waals surface area contributed by atoms with Gasteiger partial charge in [-0.2, -0.15) is 0 Å². The van der Waals surface area contributed by atoms with Gasteiger partial charge >= 0.3 is 6.09 Å². The van der Waals surface area contributed by atoms with Crippen molar-refractivity contribution in [2.24, 2.45) is 5.92 Å². The summed E-state index contributed by atoms with van der Waals surface area (Å²) in [4.78, 5) is 58.1. The van der Waals surface area contributed by atoms with Crippen molar-refractivity contribution in [3.05, 3.63) is 72.6 Å². The van der Waals surface area contributed by atoms with Crippen molar-refractivity contribution < 1.29 is 19.1 Å². The number of amides is 3. The minimum atomic E-state index is -0.672. The lowest BCUT2D eigenvalue weighted by Gasteiger charge is -2.30. The van der Waals surface area contributed by atoms with E-state index in [4.69, 9.17) is 4.74 Å². The number of nitrogens with one attached hydrogen (secondary N) is 4. The zero-order valence-corrected chi connectivity index (χ0v) is 28.7. The lowest BCUT2D eigenvalue weighted by Crippen LogP contribution is -2.51. The highest BCUT2D eigenvalue weighted by Crippen LogP contribution is 2.34. The minimum absolute atomic E-state index is 0.0178. The van der Waals surface area contributed by atoms with Gasteiger partial charge < -0.3 is 35.1 Å². The molecule has 12 nitrogen and oxygen atoms in total. The average Bonchev–Trinajstić information content (AvgIpc) is 3.95. The SMILES string of the molecule is CCNCC(=O)N1CCC[C@H]1c1ncc(-c2ccc(-c3ccc(-c4cnc([C@@H]5CCCN5C(=O)C(NC(=O)OC)C(C)C)[nH]4)cc3)cc2)[nH]1. The van der Waals surface area contributed by atoms with E-state index in [0.717, 1.165) is 84.1 Å². The normalized spacial score (nSPS) is 18.2. The van der Waals surface area contributed by atoms with Crippen molar-refractivity contribution in [3.63, 3.8) is 0 Å². The number of aromatic amines is 2. The highest BCUT2D eigenvalue weighted by Gasteiger charge is 2.37. The summed E-state index contributed by atoms with van der Waals surface area (Å²) in [5.74, 6) is 1.47. The Hall–Kier alpha value is -4.97. The molecule has 2 aliphatic heterocycles. The van der Waals surface area contributed by atoms with Crippen molar-refractivity contribution in [1.82, 2.24) is 40.4 Å². The molecule has 0 spiro atoms. The second-order valence-corrected chi connectivity index (χ2v) is 13.1. The number of carbonyl (C=O) groups excluding carboxylic acids is 3. The zero-order chi connectivity index (χ0) is 34.5. The molecule has 0 saturated carbocycles. The molecule has 4 N–H and O–H groups in total. The van der Waals surface area contributed by atoms with Gasteiger partial charge in [-0.3, -0.25) is 9.59 Å². The third-order valence-electron chi connectivity index (χ3n) is 9.57. The van der Waals surface area contributed by atoms with Crippen molar-refractivity contribution in [1.29, 1.82) is 0 Å². The molecule has 0 bridgehead atoms. The van der Waals surface area contributed by atoms with Crippen LogP contribution in [0, 0.1) is 5.92 Å². The van der Waals surface area contributed by atoms with Crippen LogP contribution < -0.4 is 10.6 Å². The van der Waals surface area contributed by atoms with Gasteiger partial charge in [-0.1, -0.05) is 69.3 Å². The van der Waals surface area contributed by atoms with Crippen molar-refractivity contribution in [3.8, 4) is 33.6 Å². The number of rotatable bonds is 11. The first-order valence-electron chi connectivity index (χ1n) is 17.2. The molecule has 3 amide bonds. The van der Waals surface area contributed by atoms with Crippen molar-refractivity contribution in [2.75, 3.05) is 33.3 Å². The summed E-state index contributed by atoms with van der Waals surface area (Å²) >= 11 is 0. The van der Waals surface area contributed by atoms with Crippen LogP contribution >= 0.6 is 0 Å². The highest BCUT2D eigenvalue weighted by atomic mass is 16.5. The number of imidazole rings is 2. The van der Waals surface area contributed by atoms with Gasteiger partial charge in [0, 0.05) is 13.1 Å². The molecular formula is C37H46N8O4. The maximum Gasteiger partial charge on any atom is 0.407 e. The number of aromatic nitrogens is 4. The standard InChI is InChI=1S/C37H46N8O4/c1-5-38-22-32(46)44-18-6-8-30(44)34-39-20-28(41-34)26-14-10-24(11-15-26)25-12-16-27(17-13-25)29-21-40-35(42-29)31-9-7-19-45(31)36(47)33(23(2)3)43-37(48)49-4/h10-17,20-21,23,30-31,33,38H,5-9,18-19,22H2,1-4H3,(H,39,41)(H,40,42)(H,43,48)/t30-,31-,33?/m0/s1. The van der Waals surface area contributed by atoms with Crippen LogP contribution in [0.3, 0.4) is 0 Å². The number of benzene rings is 2. The predicted octanol–water partition coefficient (Wildman–Crippen LogP) is 5.45. The Balaban J connectivity index is 1.11. The maximum absolute atomic E-state index is 13.5. The van der Waals surface area contributed by atoms with Gasteiger partial charge in [-0.05, 0) is 60.4 Å². The van der Waals surface area contributed by atoms with E-state index in [1.54, 1.807) is 0 Å². The third-order valence-corrected chi connectivity index (χ3v) is 9.57. The van der Waals surface area contributed by atoms with Crippen LogP contribution in [0.15, 0.2) is 60.9 Å². The number of ether oxygens (including phenoxy) is 1. The average molecular weight is 667 g/mol. The van der Waals surface area contributed by atoms with Gasteiger partial charge in [0.25, 0.3) is 0 Å². The Morgan fingerprint density at radius 3 is 1.80 bits per heavy atom. The Bertz CT molecular complexity index is 1750. The van der Waals surface area contributed by atoms with E-state index >= 15 is 0 Å². The molecule has 49 heavy (non-hydrogen) atoms. The van der Waals surface area contributed by atoms with E-state index < -0.39 is 12.1 Å². The molecular weight excluding hydrogens is 620 g/mol. The Labute approximate surface area is 287 Å². The van der Waals surface area contributed by atoms with Crippen LogP contribution in [0.25, 0.3) is 33.6 Å². The number of likely N-dealkylation sites (N-methyl/N-ethyl adjacent to an activating group) is 1. The predicted molar refractivity (Wildman–Crippen MR) is 187 cm³/mol. The van der Waals surface area contributed by atoms with Gasteiger partial charge in [0.2, 0.25) is 11.8 Å². The molecule has 1 unspecified atom stereocenters. The van der Waals surface area contributed by atoms with Gasteiger partial charge in [-0.25, -0.2) is 14.8 Å². The first kappa shape index (κ1) is 33.9. The number of nitrogens with zero attached hydrogens (tertiary/aromatic N) is 4. The van der Waals surface area contributed by atoms with Crippen molar-refractivity contribution in [2.45, 2.75) is 64.6 Å². The van der Waals surface area contributed by atoms with Gasteiger partial charge in [0.15, 0.2) is 0 Å². The number of likely N-dealkylation sites (tertiary alicyclic amines) is 2. The number of hydrogen-bond donors (Lipinski definition) is 4. The first-order valence-corrected chi connectivity index (χ1v) is 17.2. The molecule has 2 aromatic heterocycles. The van der Waals surface area contributed by atoms with E-state index in [-0.39, 0.29) is 29.8 Å². The molecule has 2 aliphatic rings. The van der Waals surface area contributed by atoms with Crippen LogP contribution in [0.2, 0.25) is 0 Å². The third kappa shape index (κ3) is 7.39.